The average Bonchev–Trinajstić information content (AvgIpc) is 3.12. The van der Waals surface area contributed by atoms with Gasteiger partial charge in [-0.25, -0.2) is 9.07 Å². The number of nitrogens with zero attached hydrogens (tertiary/aromatic N) is 3. The summed E-state index contributed by atoms with van der Waals surface area (Å²) in [5.74, 6) is -0.0891. The van der Waals surface area contributed by atoms with Gasteiger partial charge < -0.3 is 10.1 Å². The van der Waals surface area contributed by atoms with E-state index in [2.05, 4.69) is 26.1 Å². The zero-order chi connectivity index (χ0) is 26.0. The maximum Gasteiger partial charge on any atom is 0.240 e. The Morgan fingerprint density at radius 2 is 1.91 bits per heavy atom. The quantitative estimate of drug-likeness (QED) is 0.566. The molecule has 2 heterocycles. The molecule has 0 aliphatic carbocycles. The second-order valence-electron chi connectivity index (χ2n) is 10.8. The van der Waals surface area contributed by atoms with Crippen molar-refractivity contribution >= 4 is 29.4 Å². The van der Waals surface area contributed by atoms with E-state index in [1.807, 2.05) is 31.5 Å². The molecule has 1 aliphatic heterocycles. The molecule has 0 saturated carbocycles. The van der Waals surface area contributed by atoms with Crippen molar-refractivity contribution in [2.45, 2.75) is 64.2 Å². The lowest BCUT2D eigenvalue weighted by Gasteiger charge is -2.29. The van der Waals surface area contributed by atoms with Crippen molar-refractivity contribution in [3.05, 3.63) is 46.9 Å². The fourth-order valence-corrected chi connectivity index (χ4v) is 5.34. The molecule has 0 unspecified atom stereocenters. The highest BCUT2D eigenvalue weighted by atomic mass is 32.2. The van der Waals surface area contributed by atoms with Crippen LogP contribution in [0.2, 0.25) is 0 Å². The number of fused-ring (bicyclic) bond motifs is 1. The van der Waals surface area contributed by atoms with Crippen molar-refractivity contribution in [1.82, 2.24) is 15.1 Å². The molecule has 9 heteroatoms. The second kappa shape index (κ2) is 10.7. The summed E-state index contributed by atoms with van der Waals surface area (Å²) in [7, 11) is 1.61. The normalized spacial score (nSPS) is 16.7. The Balaban J connectivity index is 2.19. The van der Waals surface area contributed by atoms with E-state index in [9.17, 15) is 9.59 Å². The van der Waals surface area contributed by atoms with Crippen molar-refractivity contribution in [3.8, 4) is 0 Å². The number of benzene rings is 1. The number of hydrogen-bond acceptors (Lipinski definition) is 5. The van der Waals surface area contributed by atoms with E-state index >= 15 is 4.39 Å². The number of amides is 2. The van der Waals surface area contributed by atoms with E-state index in [-0.39, 0.29) is 35.3 Å². The predicted molar refractivity (Wildman–Crippen MR) is 138 cm³/mol. The van der Waals surface area contributed by atoms with Gasteiger partial charge in [0.1, 0.15) is 18.2 Å². The van der Waals surface area contributed by atoms with Gasteiger partial charge in [0, 0.05) is 36.8 Å². The van der Waals surface area contributed by atoms with Crippen molar-refractivity contribution in [2.24, 2.45) is 0 Å². The highest BCUT2D eigenvalue weighted by molar-refractivity contribution is 8.00. The van der Waals surface area contributed by atoms with Gasteiger partial charge in [-0.1, -0.05) is 39.0 Å². The third-order valence-corrected chi connectivity index (χ3v) is 7.01. The van der Waals surface area contributed by atoms with E-state index in [0.717, 1.165) is 11.3 Å². The van der Waals surface area contributed by atoms with Gasteiger partial charge in [-0.2, -0.15) is 5.10 Å². The summed E-state index contributed by atoms with van der Waals surface area (Å²) in [6.45, 7) is 13.1. The Bertz CT molecular complexity index is 1070. The fourth-order valence-electron chi connectivity index (χ4n) is 4.12. The molecule has 1 atom stereocenters. The van der Waals surface area contributed by atoms with Gasteiger partial charge in [0.05, 0.1) is 22.2 Å². The minimum Gasteiger partial charge on any atom is -0.385 e. The van der Waals surface area contributed by atoms with Crippen LogP contribution in [-0.4, -0.2) is 54.2 Å². The molecule has 35 heavy (non-hydrogen) atoms. The smallest absolute Gasteiger partial charge is 0.240 e. The van der Waals surface area contributed by atoms with E-state index in [4.69, 9.17) is 9.84 Å². The number of thioether (sulfide) groups is 1. The molecule has 0 fully saturated rings. The predicted octanol–water partition coefficient (Wildman–Crippen LogP) is 4.40. The molecule has 2 aromatic rings. The number of rotatable bonds is 7. The molecule has 1 N–H and O–H groups in total. The van der Waals surface area contributed by atoms with Crippen LogP contribution < -0.4 is 10.2 Å². The Labute approximate surface area is 211 Å². The standard InChI is InChI=1S/C26H37FN4O3S/c1-25(2,3)23-21-22(17-11-8-9-12-18(17)27)35-16-20(33)30(15-19(32)28-13-10-14-34-7)24(21)31(29-23)26(4,5)6/h8-9,11-12,22H,10,13-16H2,1-7H3,(H,28,32)/t22-/m0/s1. The molecule has 1 aromatic carbocycles. The van der Waals surface area contributed by atoms with Crippen LogP contribution in [0.1, 0.15) is 70.0 Å². The molecule has 1 aliphatic rings. The van der Waals surface area contributed by atoms with E-state index < -0.39 is 10.8 Å². The minimum atomic E-state index is -0.476. The van der Waals surface area contributed by atoms with Crippen LogP contribution in [-0.2, 0) is 25.3 Å². The lowest BCUT2D eigenvalue weighted by Crippen LogP contribution is -2.44. The molecule has 7 nitrogen and oxygen atoms in total. The largest absolute Gasteiger partial charge is 0.385 e. The Hall–Kier alpha value is -2.39. The molecule has 0 radical (unpaired) electrons. The highest BCUT2D eigenvalue weighted by Gasteiger charge is 2.41. The van der Waals surface area contributed by atoms with Gasteiger partial charge in [0.25, 0.3) is 0 Å². The summed E-state index contributed by atoms with van der Waals surface area (Å²) in [6.07, 6.45) is 0.681. The number of aromatic nitrogens is 2. The summed E-state index contributed by atoms with van der Waals surface area (Å²) in [5, 5.41) is 7.44. The van der Waals surface area contributed by atoms with Gasteiger partial charge in [0.2, 0.25) is 11.8 Å². The minimum absolute atomic E-state index is 0.123. The summed E-state index contributed by atoms with van der Waals surface area (Å²) in [6, 6.07) is 6.68. The summed E-state index contributed by atoms with van der Waals surface area (Å²) in [4.78, 5) is 27.9. The first-order valence-corrected chi connectivity index (χ1v) is 13.0. The van der Waals surface area contributed by atoms with Crippen LogP contribution in [0, 0.1) is 5.82 Å². The van der Waals surface area contributed by atoms with E-state index in [1.54, 1.807) is 19.2 Å². The van der Waals surface area contributed by atoms with Gasteiger partial charge in [-0.05, 0) is 33.3 Å². The SMILES string of the molecule is COCCCNC(=O)CN1C(=O)CS[C@@H](c2ccccc2F)c2c(C(C)(C)C)nn(C(C)(C)C)c21. The molecule has 3 rings (SSSR count). The zero-order valence-electron chi connectivity index (χ0n) is 21.8. The number of halogens is 1. The number of nitrogens with one attached hydrogen (secondary N) is 1. The maximum atomic E-state index is 15.1. The van der Waals surface area contributed by atoms with Crippen molar-refractivity contribution < 1.29 is 18.7 Å². The Kier molecular flexibility index (Phi) is 8.32. The summed E-state index contributed by atoms with van der Waals surface area (Å²) < 4.78 is 21.9. The highest BCUT2D eigenvalue weighted by Crippen LogP contribution is 2.49. The number of carbonyl (C=O) groups is 2. The topological polar surface area (TPSA) is 76.5 Å². The molecule has 0 bridgehead atoms. The molecule has 2 amide bonds. The lowest BCUT2D eigenvalue weighted by molar-refractivity contribution is -0.123. The van der Waals surface area contributed by atoms with E-state index in [1.165, 1.54) is 22.7 Å². The first kappa shape index (κ1) is 27.2. The van der Waals surface area contributed by atoms with Crippen molar-refractivity contribution in [1.29, 1.82) is 0 Å². The number of carbonyl (C=O) groups excluding carboxylic acids is 2. The monoisotopic (exact) mass is 504 g/mol. The molecule has 192 valence electrons. The number of anilines is 1. The van der Waals surface area contributed by atoms with Crippen molar-refractivity contribution in [2.75, 3.05) is 37.5 Å². The van der Waals surface area contributed by atoms with E-state index in [0.29, 0.717) is 31.0 Å². The Morgan fingerprint density at radius 1 is 1.23 bits per heavy atom. The fraction of sp³-hybridized carbons (Fsp3) is 0.577. The number of ether oxygens (including phenoxy) is 1. The first-order chi connectivity index (χ1) is 16.4. The third kappa shape index (κ3) is 6.06. The molecule has 0 spiro atoms. The lowest BCUT2D eigenvalue weighted by atomic mass is 9.87. The molecular formula is C26H37FN4O3S. The van der Waals surface area contributed by atoms with Crippen LogP contribution in [0.25, 0.3) is 0 Å². The molecular weight excluding hydrogens is 467 g/mol. The summed E-state index contributed by atoms with van der Waals surface area (Å²) >= 11 is 1.38. The maximum absolute atomic E-state index is 15.1. The van der Waals surface area contributed by atoms with Crippen LogP contribution >= 0.6 is 11.8 Å². The first-order valence-electron chi connectivity index (χ1n) is 11.9. The van der Waals surface area contributed by atoms with Gasteiger partial charge in [-0.15, -0.1) is 11.8 Å². The molecule has 0 saturated heterocycles. The zero-order valence-corrected chi connectivity index (χ0v) is 22.6. The van der Waals surface area contributed by atoms with Crippen LogP contribution in [0.4, 0.5) is 10.2 Å². The third-order valence-electron chi connectivity index (χ3n) is 5.77. The van der Waals surface area contributed by atoms with Gasteiger partial charge in [0.15, 0.2) is 0 Å². The average molecular weight is 505 g/mol. The second-order valence-corrected chi connectivity index (χ2v) is 11.9. The summed E-state index contributed by atoms with van der Waals surface area (Å²) in [5.41, 5.74) is 1.25. The van der Waals surface area contributed by atoms with Crippen molar-refractivity contribution in [3.63, 3.8) is 0 Å². The van der Waals surface area contributed by atoms with Gasteiger partial charge >= 0.3 is 0 Å². The number of methoxy groups -OCH3 is 1. The van der Waals surface area contributed by atoms with Crippen LogP contribution in [0.3, 0.4) is 0 Å². The van der Waals surface area contributed by atoms with Crippen LogP contribution in [0.15, 0.2) is 24.3 Å². The van der Waals surface area contributed by atoms with Gasteiger partial charge in [-0.3, -0.25) is 14.5 Å². The number of hydrogen-bond donors (Lipinski definition) is 1. The molecule has 1 aromatic heterocycles. The van der Waals surface area contributed by atoms with Crippen LogP contribution in [0.5, 0.6) is 0 Å². The Morgan fingerprint density at radius 3 is 2.51 bits per heavy atom.